The fraction of sp³-hybridized carbons (Fsp3) is 0.222. The molecule has 2 N–H and O–H groups in total. The van der Waals surface area contributed by atoms with E-state index in [9.17, 15) is 13.2 Å². The SMILES string of the molecule is O=C(O)CCS(=O)(=O)Nc1ccc(Cl)c(Br)c1. The van der Waals surface area contributed by atoms with Gasteiger partial charge in [0.05, 0.1) is 17.2 Å². The molecule has 1 aromatic carbocycles. The second kappa shape index (κ2) is 5.70. The first kappa shape index (κ1) is 14.3. The van der Waals surface area contributed by atoms with E-state index in [0.717, 1.165) is 0 Å². The predicted octanol–water partition coefficient (Wildman–Crippen LogP) is 2.32. The highest BCUT2D eigenvalue weighted by Crippen LogP contribution is 2.26. The minimum absolute atomic E-state index is 0.326. The van der Waals surface area contributed by atoms with Crippen LogP contribution in [0.3, 0.4) is 0 Å². The number of carboxylic acid groups (broad SMARTS) is 1. The maximum atomic E-state index is 11.5. The lowest BCUT2D eigenvalue weighted by atomic mass is 10.3. The van der Waals surface area contributed by atoms with Gasteiger partial charge in [-0.2, -0.15) is 0 Å². The minimum Gasteiger partial charge on any atom is -0.481 e. The van der Waals surface area contributed by atoms with Crippen molar-refractivity contribution in [3.8, 4) is 0 Å². The van der Waals surface area contributed by atoms with Gasteiger partial charge in [-0.3, -0.25) is 9.52 Å². The van der Waals surface area contributed by atoms with Gasteiger partial charge in [0, 0.05) is 10.2 Å². The molecule has 0 aromatic heterocycles. The number of benzene rings is 1. The molecule has 1 rings (SSSR count). The number of aliphatic carboxylic acids is 1. The van der Waals surface area contributed by atoms with Crippen LogP contribution in [0.25, 0.3) is 0 Å². The average molecular weight is 343 g/mol. The number of rotatable bonds is 5. The van der Waals surface area contributed by atoms with E-state index in [1.165, 1.54) is 18.2 Å². The van der Waals surface area contributed by atoms with Gasteiger partial charge in [0.2, 0.25) is 10.0 Å². The van der Waals surface area contributed by atoms with Crippen molar-refractivity contribution in [3.63, 3.8) is 0 Å². The first-order chi connectivity index (χ1) is 7.80. The third-order valence-electron chi connectivity index (χ3n) is 1.78. The molecular formula is C9H9BrClNO4S. The Kier molecular flexibility index (Phi) is 4.79. The van der Waals surface area contributed by atoms with E-state index in [2.05, 4.69) is 20.7 Å². The Hall–Kier alpha value is -0.790. The normalized spacial score (nSPS) is 11.2. The Morgan fingerprint density at radius 2 is 2.12 bits per heavy atom. The zero-order valence-electron chi connectivity index (χ0n) is 8.48. The van der Waals surface area contributed by atoms with Gasteiger partial charge >= 0.3 is 5.97 Å². The van der Waals surface area contributed by atoms with Crippen LogP contribution in [0.5, 0.6) is 0 Å². The van der Waals surface area contributed by atoms with E-state index in [1.54, 1.807) is 0 Å². The van der Waals surface area contributed by atoms with Crippen LogP contribution in [0.1, 0.15) is 6.42 Å². The number of carboxylic acids is 1. The number of carbonyl (C=O) groups is 1. The number of sulfonamides is 1. The van der Waals surface area contributed by atoms with Gasteiger partial charge < -0.3 is 5.11 Å². The molecule has 1 aromatic rings. The van der Waals surface area contributed by atoms with Crippen LogP contribution in [-0.4, -0.2) is 25.2 Å². The molecule has 17 heavy (non-hydrogen) atoms. The summed E-state index contributed by atoms with van der Waals surface area (Å²) in [7, 11) is -3.65. The van der Waals surface area contributed by atoms with Crippen molar-refractivity contribution in [2.75, 3.05) is 10.5 Å². The number of nitrogens with one attached hydrogen (secondary N) is 1. The maximum Gasteiger partial charge on any atom is 0.304 e. The predicted molar refractivity (Wildman–Crippen MR) is 68.8 cm³/mol. The molecule has 0 unspecified atom stereocenters. The highest BCUT2D eigenvalue weighted by atomic mass is 79.9. The number of hydrogen-bond acceptors (Lipinski definition) is 3. The third-order valence-corrected chi connectivity index (χ3v) is 4.28. The van der Waals surface area contributed by atoms with E-state index in [1.807, 2.05) is 0 Å². The van der Waals surface area contributed by atoms with Crippen molar-refractivity contribution in [2.24, 2.45) is 0 Å². The van der Waals surface area contributed by atoms with Crippen LogP contribution in [0.15, 0.2) is 22.7 Å². The summed E-state index contributed by atoms with van der Waals surface area (Å²) in [5.41, 5.74) is 0.326. The molecule has 0 heterocycles. The van der Waals surface area contributed by atoms with Crippen molar-refractivity contribution >= 4 is 49.2 Å². The summed E-state index contributed by atoms with van der Waals surface area (Å²) < 4.78 is 25.8. The van der Waals surface area contributed by atoms with Crippen LogP contribution in [0.4, 0.5) is 5.69 Å². The number of anilines is 1. The Labute approximate surface area is 112 Å². The Balaban J connectivity index is 2.76. The second-order valence-electron chi connectivity index (χ2n) is 3.19. The molecule has 0 aliphatic heterocycles. The molecule has 0 radical (unpaired) electrons. The van der Waals surface area contributed by atoms with Crippen molar-refractivity contribution in [1.29, 1.82) is 0 Å². The zero-order chi connectivity index (χ0) is 13.1. The van der Waals surface area contributed by atoms with Crippen molar-refractivity contribution < 1.29 is 18.3 Å². The molecule has 94 valence electrons. The topological polar surface area (TPSA) is 83.5 Å². The van der Waals surface area contributed by atoms with E-state index in [-0.39, 0.29) is 0 Å². The quantitative estimate of drug-likeness (QED) is 0.860. The molecule has 0 aliphatic rings. The van der Waals surface area contributed by atoms with E-state index in [4.69, 9.17) is 16.7 Å². The molecule has 0 spiro atoms. The van der Waals surface area contributed by atoms with Gasteiger partial charge in [-0.05, 0) is 34.1 Å². The van der Waals surface area contributed by atoms with Crippen LogP contribution in [0, 0.1) is 0 Å². The van der Waals surface area contributed by atoms with Crippen LogP contribution < -0.4 is 4.72 Å². The fourth-order valence-electron chi connectivity index (χ4n) is 1.01. The summed E-state index contributed by atoms with van der Waals surface area (Å²) in [6.45, 7) is 0. The van der Waals surface area contributed by atoms with Gasteiger partial charge in [-0.15, -0.1) is 0 Å². The minimum atomic E-state index is -3.65. The van der Waals surface area contributed by atoms with Gasteiger partial charge in [-0.25, -0.2) is 8.42 Å². The van der Waals surface area contributed by atoms with Gasteiger partial charge in [-0.1, -0.05) is 11.6 Å². The lowest BCUT2D eigenvalue weighted by Crippen LogP contribution is -2.18. The molecule has 5 nitrogen and oxygen atoms in total. The highest BCUT2D eigenvalue weighted by molar-refractivity contribution is 9.10. The second-order valence-corrected chi connectivity index (χ2v) is 6.30. The largest absolute Gasteiger partial charge is 0.481 e. The molecular weight excluding hydrogens is 334 g/mol. The monoisotopic (exact) mass is 341 g/mol. The summed E-state index contributed by atoms with van der Waals surface area (Å²) in [5.74, 6) is -1.63. The Morgan fingerprint density at radius 3 is 2.65 bits per heavy atom. The highest BCUT2D eigenvalue weighted by Gasteiger charge is 2.13. The fourth-order valence-corrected chi connectivity index (χ4v) is 2.54. The zero-order valence-corrected chi connectivity index (χ0v) is 11.6. The van der Waals surface area contributed by atoms with Gasteiger partial charge in [0.15, 0.2) is 0 Å². The van der Waals surface area contributed by atoms with Gasteiger partial charge in [0.25, 0.3) is 0 Å². The molecule has 0 aliphatic carbocycles. The first-order valence-electron chi connectivity index (χ1n) is 4.47. The lowest BCUT2D eigenvalue weighted by Gasteiger charge is -2.07. The molecule has 0 saturated carbocycles. The summed E-state index contributed by atoms with van der Waals surface area (Å²) in [5, 5.41) is 8.86. The summed E-state index contributed by atoms with van der Waals surface area (Å²) in [4.78, 5) is 10.3. The van der Waals surface area contributed by atoms with Crippen molar-refractivity contribution in [3.05, 3.63) is 27.7 Å². The summed E-state index contributed by atoms with van der Waals surface area (Å²) >= 11 is 8.91. The Morgan fingerprint density at radius 1 is 1.47 bits per heavy atom. The lowest BCUT2D eigenvalue weighted by molar-refractivity contribution is -0.136. The maximum absolute atomic E-state index is 11.5. The Bertz CT molecular complexity index is 532. The third kappa shape index (κ3) is 4.93. The van der Waals surface area contributed by atoms with Crippen molar-refractivity contribution in [1.82, 2.24) is 0 Å². The summed E-state index contributed by atoms with van der Waals surface area (Å²) in [6.07, 6.45) is -0.440. The van der Waals surface area contributed by atoms with Crippen LogP contribution in [-0.2, 0) is 14.8 Å². The molecule has 0 bridgehead atoms. The number of hydrogen-bond donors (Lipinski definition) is 2. The molecule has 0 saturated heterocycles. The average Bonchev–Trinajstić information content (AvgIpc) is 2.21. The van der Waals surface area contributed by atoms with Crippen LogP contribution >= 0.6 is 27.5 Å². The standard InChI is InChI=1S/C9H9BrClNO4S/c10-7-5-6(1-2-8(7)11)12-17(15,16)4-3-9(13)14/h1-2,5,12H,3-4H2,(H,13,14). The van der Waals surface area contributed by atoms with Crippen molar-refractivity contribution in [2.45, 2.75) is 6.42 Å². The smallest absolute Gasteiger partial charge is 0.304 e. The first-order valence-corrected chi connectivity index (χ1v) is 7.30. The van der Waals surface area contributed by atoms with E-state index < -0.39 is 28.2 Å². The molecule has 0 fully saturated rings. The van der Waals surface area contributed by atoms with Crippen LogP contribution in [0.2, 0.25) is 5.02 Å². The van der Waals surface area contributed by atoms with Gasteiger partial charge in [0.1, 0.15) is 0 Å². The van der Waals surface area contributed by atoms with E-state index >= 15 is 0 Å². The molecule has 0 atom stereocenters. The summed E-state index contributed by atoms with van der Waals surface area (Å²) in [6, 6.07) is 4.52. The molecule has 0 amide bonds. The number of halogens is 2. The van der Waals surface area contributed by atoms with E-state index in [0.29, 0.717) is 15.2 Å². The molecule has 8 heteroatoms.